The van der Waals surface area contributed by atoms with Crippen LogP contribution in [0.3, 0.4) is 0 Å². The van der Waals surface area contributed by atoms with E-state index in [4.69, 9.17) is 19.0 Å². The minimum absolute atomic E-state index is 0.0434. The summed E-state index contributed by atoms with van der Waals surface area (Å²) in [5.41, 5.74) is 0.283. The van der Waals surface area contributed by atoms with Gasteiger partial charge >= 0.3 is 14.5 Å². The van der Waals surface area contributed by atoms with E-state index in [9.17, 15) is 26.7 Å². The maximum Gasteiger partial charge on any atom is 0.382 e. The molecule has 2 aromatic carbocycles. The van der Waals surface area contributed by atoms with Crippen molar-refractivity contribution in [1.82, 2.24) is 5.09 Å². The van der Waals surface area contributed by atoms with Crippen LogP contribution in [0.1, 0.15) is 32.3 Å². The molecule has 0 saturated carbocycles. The van der Waals surface area contributed by atoms with Crippen LogP contribution in [-0.4, -0.2) is 19.1 Å². The minimum atomic E-state index is -2.63. The van der Waals surface area contributed by atoms with Crippen molar-refractivity contribution in [2.45, 2.75) is 26.7 Å². The summed E-state index contributed by atoms with van der Waals surface area (Å²) < 4.78 is 83.9. The Labute approximate surface area is 188 Å². The highest BCUT2D eigenvalue weighted by Crippen LogP contribution is 2.40. The molecule has 12 heteroatoms. The first-order valence-electron chi connectivity index (χ1n) is 9.78. The number of carbonyl (C=O) groups is 1. The number of hydrogen-bond acceptors (Lipinski definition) is 6. The summed E-state index contributed by atoms with van der Waals surface area (Å²) in [6.07, 6.45) is 1.57. The largest absolute Gasteiger partial charge is 0.464 e. The van der Waals surface area contributed by atoms with Crippen LogP contribution in [0.5, 0.6) is 11.5 Å². The van der Waals surface area contributed by atoms with Crippen LogP contribution in [0.2, 0.25) is 0 Å². The molecule has 1 atom stereocenters. The van der Waals surface area contributed by atoms with Gasteiger partial charge in [0.25, 0.3) is 0 Å². The topological polar surface area (TPSA) is 80.6 Å². The van der Waals surface area contributed by atoms with Gasteiger partial charge in [0.2, 0.25) is 34.8 Å². The summed E-state index contributed by atoms with van der Waals surface area (Å²) in [6, 6.07) is 7.25. The third kappa shape index (κ3) is 7.01. The molecule has 33 heavy (non-hydrogen) atoms. The Morgan fingerprint density at radius 1 is 0.970 bits per heavy atom. The summed E-state index contributed by atoms with van der Waals surface area (Å²) in [7, 11) is -2.63. The second kappa shape index (κ2) is 12.3. The second-order valence-electron chi connectivity index (χ2n) is 6.68. The number of hydrogen-bond donors (Lipinski definition) is 1. The summed E-state index contributed by atoms with van der Waals surface area (Å²) in [5, 5.41) is 11.3. The van der Waals surface area contributed by atoms with Crippen molar-refractivity contribution in [2.75, 3.05) is 13.2 Å². The van der Waals surface area contributed by atoms with E-state index in [0.29, 0.717) is 0 Å². The Kier molecular flexibility index (Phi) is 9.82. The molecule has 0 aliphatic heterocycles. The average Bonchev–Trinajstić information content (AvgIpc) is 2.83. The lowest BCUT2D eigenvalue weighted by molar-refractivity contribution is -0.143. The molecule has 0 spiro atoms. The average molecular weight is 490 g/mol. The lowest BCUT2D eigenvalue weighted by Gasteiger charge is -2.20. The second-order valence-corrected chi connectivity index (χ2v) is 7.87. The van der Waals surface area contributed by atoms with Gasteiger partial charge in [0.1, 0.15) is 12.3 Å². The maximum absolute atomic E-state index is 14.0. The predicted octanol–water partition coefficient (Wildman–Crippen LogP) is 5.51. The van der Waals surface area contributed by atoms with Crippen LogP contribution in [-0.2, 0) is 9.53 Å². The van der Waals surface area contributed by atoms with Gasteiger partial charge < -0.3 is 13.8 Å². The lowest BCUT2D eigenvalue weighted by atomic mass is 10.1. The molecular formula is C21H20F5N2O4P. The van der Waals surface area contributed by atoms with Crippen molar-refractivity contribution >= 4 is 14.5 Å². The number of halogens is 5. The molecule has 6 nitrogen and oxygen atoms in total. The van der Waals surface area contributed by atoms with Crippen molar-refractivity contribution in [2.24, 2.45) is 5.92 Å². The number of rotatable bonds is 11. The maximum atomic E-state index is 14.0. The van der Waals surface area contributed by atoms with Crippen molar-refractivity contribution in [3.63, 3.8) is 0 Å². The number of esters is 1. The third-order valence-electron chi connectivity index (χ3n) is 4.50. The van der Waals surface area contributed by atoms with Crippen LogP contribution in [0.15, 0.2) is 24.3 Å². The van der Waals surface area contributed by atoms with Crippen molar-refractivity contribution in [1.29, 1.82) is 5.26 Å². The standard InChI is InChI=1S/C21H20F5N2O4P/c1-3-12(4-2)11-30-15(29)10-28-33(31-14-7-5-13(9-27)6-8-14)32-21-19(25)17(23)16(22)18(24)20(21)26/h5-8,12,28H,3-4,10-11H2,1-2H3. The molecule has 0 bridgehead atoms. The van der Waals surface area contributed by atoms with Gasteiger partial charge in [0, 0.05) is 0 Å². The zero-order valence-electron chi connectivity index (χ0n) is 17.6. The first-order valence-corrected chi connectivity index (χ1v) is 11.0. The molecule has 0 amide bonds. The van der Waals surface area contributed by atoms with Crippen LogP contribution >= 0.6 is 8.53 Å². The highest BCUT2D eigenvalue weighted by molar-refractivity contribution is 7.45. The Bertz CT molecular complexity index is 984. The quantitative estimate of drug-likeness (QED) is 0.147. The molecule has 0 heterocycles. The first-order chi connectivity index (χ1) is 15.7. The Balaban J connectivity index is 2.20. The molecule has 2 rings (SSSR count). The Morgan fingerprint density at radius 3 is 2.03 bits per heavy atom. The van der Waals surface area contributed by atoms with Gasteiger partial charge in [0.15, 0.2) is 0 Å². The smallest absolute Gasteiger partial charge is 0.382 e. The van der Waals surface area contributed by atoms with Gasteiger partial charge in [-0.05, 0) is 30.2 Å². The van der Waals surface area contributed by atoms with Crippen LogP contribution in [0.4, 0.5) is 22.0 Å². The van der Waals surface area contributed by atoms with Gasteiger partial charge in [0.05, 0.1) is 18.2 Å². The van der Waals surface area contributed by atoms with Crippen LogP contribution in [0, 0.1) is 46.3 Å². The van der Waals surface area contributed by atoms with Gasteiger partial charge in [-0.15, -0.1) is 0 Å². The molecule has 0 fully saturated rings. The molecule has 0 aromatic heterocycles. The monoisotopic (exact) mass is 490 g/mol. The molecule has 0 aliphatic rings. The fourth-order valence-corrected chi connectivity index (χ4v) is 3.50. The highest BCUT2D eigenvalue weighted by atomic mass is 31.2. The van der Waals surface area contributed by atoms with Gasteiger partial charge in [-0.3, -0.25) is 4.79 Å². The van der Waals surface area contributed by atoms with E-state index in [1.54, 1.807) is 0 Å². The fraction of sp³-hybridized carbons (Fsp3) is 0.333. The van der Waals surface area contributed by atoms with Gasteiger partial charge in [-0.2, -0.15) is 14.0 Å². The van der Waals surface area contributed by atoms with Crippen molar-refractivity contribution in [3.8, 4) is 17.6 Å². The highest BCUT2D eigenvalue weighted by Gasteiger charge is 2.30. The summed E-state index contributed by atoms with van der Waals surface area (Å²) in [4.78, 5) is 12.0. The van der Waals surface area contributed by atoms with Crippen molar-refractivity contribution < 1.29 is 40.5 Å². The summed E-state index contributed by atoms with van der Waals surface area (Å²) >= 11 is 0. The molecule has 1 N–H and O–H groups in total. The van der Waals surface area contributed by atoms with Crippen LogP contribution < -0.4 is 14.1 Å². The first kappa shape index (κ1) is 26.3. The number of nitriles is 1. The molecular weight excluding hydrogens is 470 g/mol. The Morgan fingerprint density at radius 2 is 1.52 bits per heavy atom. The third-order valence-corrected chi connectivity index (χ3v) is 5.64. The van der Waals surface area contributed by atoms with E-state index >= 15 is 0 Å². The number of nitrogens with zero attached hydrogens (tertiary/aromatic N) is 1. The van der Waals surface area contributed by atoms with E-state index in [1.165, 1.54) is 24.3 Å². The SMILES string of the molecule is CCC(CC)COC(=O)CNP(Oc1ccc(C#N)cc1)Oc1c(F)c(F)c(F)c(F)c1F. The lowest BCUT2D eigenvalue weighted by Crippen LogP contribution is -2.26. The number of nitrogens with one attached hydrogen (secondary N) is 1. The summed E-state index contributed by atoms with van der Waals surface area (Å²) in [5.74, 6) is -13.2. The molecule has 178 valence electrons. The van der Waals surface area contributed by atoms with E-state index in [2.05, 4.69) is 5.09 Å². The normalized spacial score (nSPS) is 11.7. The summed E-state index contributed by atoms with van der Waals surface area (Å²) in [6.45, 7) is 3.49. The van der Waals surface area contributed by atoms with Gasteiger partial charge in [-0.25, -0.2) is 18.3 Å². The minimum Gasteiger partial charge on any atom is -0.464 e. The van der Waals surface area contributed by atoms with Crippen LogP contribution in [0.25, 0.3) is 0 Å². The Hall–Kier alpha value is -2.96. The zero-order chi connectivity index (χ0) is 24.5. The number of ether oxygens (including phenoxy) is 1. The van der Waals surface area contributed by atoms with Crippen molar-refractivity contribution in [3.05, 3.63) is 58.9 Å². The molecule has 0 radical (unpaired) electrons. The fourth-order valence-electron chi connectivity index (χ4n) is 2.43. The number of benzene rings is 2. The number of carbonyl (C=O) groups excluding carboxylic acids is 1. The van der Waals surface area contributed by atoms with E-state index < -0.39 is 55.9 Å². The van der Waals surface area contributed by atoms with E-state index in [1.807, 2.05) is 19.9 Å². The predicted molar refractivity (Wildman–Crippen MR) is 109 cm³/mol. The van der Waals surface area contributed by atoms with E-state index in [-0.39, 0.29) is 23.8 Å². The molecule has 1 unspecified atom stereocenters. The van der Waals surface area contributed by atoms with E-state index in [0.717, 1.165) is 12.8 Å². The molecule has 0 saturated heterocycles. The zero-order valence-corrected chi connectivity index (χ0v) is 18.5. The van der Waals surface area contributed by atoms with Gasteiger partial charge in [-0.1, -0.05) is 26.7 Å². The molecule has 0 aliphatic carbocycles. The molecule has 2 aromatic rings.